The number of hydrogen-bond acceptors (Lipinski definition) is 5. The number of carbonyl (C=O) groups excluding carboxylic acids is 2. The third-order valence-corrected chi connectivity index (χ3v) is 2.89. The molecule has 1 N–H and O–H groups in total. The molecule has 108 valence electrons. The molecule has 1 aromatic heterocycles. The zero-order valence-corrected chi connectivity index (χ0v) is 11.2. The maximum atomic E-state index is 11.9. The van der Waals surface area contributed by atoms with Gasteiger partial charge in [0.25, 0.3) is 5.69 Å². The van der Waals surface area contributed by atoms with Crippen molar-refractivity contribution in [1.82, 2.24) is 4.98 Å². The SMILES string of the molecule is CCOC(=O)c1c[nH]c(C=O)c1-c1ccc([N+](=O)[O-])cc1. The molecule has 0 atom stereocenters. The Morgan fingerprint density at radius 3 is 2.57 bits per heavy atom. The molecule has 2 aromatic rings. The highest BCUT2D eigenvalue weighted by atomic mass is 16.6. The zero-order valence-electron chi connectivity index (χ0n) is 11.2. The topological polar surface area (TPSA) is 102 Å². The maximum absolute atomic E-state index is 11.9. The minimum Gasteiger partial charge on any atom is -0.462 e. The molecule has 0 saturated heterocycles. The van der Waals surface area contributed by atoms with Crippen LogP contribution in [0.3, 0.4) is 0 Å². The summed E-state index contributed by atoms with van der Waals surface area (Å²) in [5.74, 6) is -0.560. The minimum atomic E-state index is -0.560. The fourth-order valence-corrected chi connectivity index (χ4v) is 1.96. The number of H-pyrrole nitrogens is 1. The van der Waals surface area contributed by atoms with Gasteiger partial charge in [-0.3, -0.25) is 14.9 Å². The number of nitrogens with zero attached hydrogens (tertiary/aromatic N) is 1. The number of nitro groups is 1. The average Bonchev–Trinajstić information content (AvgIpc) is 2.91. The third-order valence-electron chi connectivity index (χ3n) is 2.89. The number of nitro benzene ring substituents is 1. The van der Waals surface area contributed by atoms with Crippen LogP contribution in [0.4, 0.5) is 5.69 Å². The van der Waals surface area contributed by atoms with Gasteiger partial charge in [0, 0.05) is 23.9 Å². The molecule has 0 amide bonds. The summed E-state index contributed by atoms with van der Waals surface area (Å²) in [4.78, 5) is 35.8. The summed E-state index contributed by atoms with van der Waals surface area (Å²) in [5, 5.41) is 10.7. The highest BCUT2D eigenvalue weighted by molar-refractivity contribution is 6.02. The average molecular weight is 288 g/mol. The molecule has 0 radical (unpaired) electrons. The number of nitrogens with one attached hydrogen (secondary N) is 1. The van der Waals surface area contributed by atoms with Crippen molar-refractivity contribution < 1.29 is 19.2 Å². The van der Waals surface area contributed by atoms with Crippen LogP contribution in [0, 0.1) is 10.1 Å². The van der Waals surface area contributed by atoms with Crippen molar-refractivity contribution in [3.8, 4) is 11.1 Å². The third kappa shape index (κ3) is 2.81. The van der Waals surface area contributed by atoms with Crippen molar-refractivity contribution in [3.63, 3.8) is 0 Å². The molecule has 7 heteroatoms. The van der Waals surface area contributed by atoms with E-state index in [1.807, 2.05) is 0 Å². The Hall–Kier alpha value is -2.96. The molecule has 0 bridgehead atoms. The monoisotopic (exact) mass is 288 g/mol. The van der Waals surface area contributed by atoms with Gasteiger partial charge in [0.1, 0.15) is 0 Å². The van der Waals surface area contributed by atoms with E-state index in [-0.39, 0.29) is 23.6 Å². The van der Waals surface area contributed by atoms with Crippen molar-refractivity contribution in [2.45, 2.75) is 6.92 Å². The standard InChI is InChI=1S/C14H12N2O5/c1-2-21-14(18)11-7-15-12(8-17)13(11)9-3-5-10(6-4-9)16(19)20/h3-8,15H,2H2,1H3. The van der Waals surface area contributed by atoms with E-state index in [1.165, 1.54) is 30.5 Å². The number of aromatic amines is 1. The van der Waals surface area contributed by atoms with Gasteiger partial charge in [0.15, 0.2) is 6.29 Å². The van der Waals surface area contributed by atoms with Gasteiger partial charge in [-0.1, -0.05) is 0 Å². The predicted molar refractivity (Wildman–Crippen MR) is 74.2 cm³/mol. The number of benzene rings is 1. The molecule has 21 heavy (non-hydrogen) atoms. The number of rotatable bonds is 5. The Morgan fingerprint density at radius 2 is 2.05 bits per heavy atom. The molecule has 1 heterocycles. The van der Waals surface area contributed by atoms with Gasteiger partial charge >= 0.3 is 5.97 Å². The Morgan fingerprint density at radius 1 is 1.38 bits per heavy atom. The van der Waals surface area contributed by atoms with Crippen LogP contribution in [-0.4, -0.2) is 28.8 Å². The molecule has 0 unspecified atom stereocenters. The normalized spacial score (nSPS) is 10.1. The van der Waals surface area contributed by atoms with Crippen LogP contribution < -0.4 is 0 Å². The summed E-state index contributed by atoms with van der Waals surface area (Å²) < 4.78 is 4.93. The Labute approximate surface area is 119 Å². The minimum absolute atomic E-state index is 0.0698. The van der Waals surface area contributed by atoms with E-state index in [4.69, 9.17) is 4.74 Å². The summed E-state index contributed by atoms with van der Waals surface area (Å²) in [6, 6.07) is 5.59. The first kappa shape index (κ1) is 14.4. The van der Waals surface area contributed by atoms with Crippen LogP contribution in [0.5, 0.6) is 0 Å². The molecule has 0 aliphatic rings. The van der Waals surface area contributed by atoms with Crippen molar-refractivity contribution in [2.75, 3.05) is 6.61 Å². The molecule has 2 rings (SSSR count). The number of aldehydes is 1. The van der Waals surface area contributed by atoms with Crippen molar-refractivity contribution in [1.29, 1.82) is 0 Å². The molecule has 1 aromatic carbocycles. The van der Waals surface area contributed by atoms with E-state index in [9.17, 15) is 19.7 Å². The van der Waals surface area contributed by atoms with E-state index in [0.717, 1.165) is 0 Å². The zero-order chi connectivity index (χ0) is 15.4. The fraction of sp³-hybridized carbons (Fsp3) is 0.143. The number of carbonyl (C=O) groups is 2. The quantitative estimate of drug-likeness (QED) is 0.394. The number of aromatic nitrogens is 1. The largest absolute Gasteiger partial charge is 0.462 e. The molecule has 7 nitrogen and oxygen atoms in total. The lowest BCUT2D eigenvalue weighted by Gasteiger charge is -2.05. The Balaban J connectivity index is 2.50. The van der Waals surface area contributed by atoms with Gasteiger partial charge in [-0.05, 0) is 24.6 Å². The van der Waals surface area contributed by atoms with E-state index < -0.39 is 10.9 Å². The predicted octanol–water partition coefficient (Wildman–Crippen LogP) is 2.58. The first-order valence-corrected chi connectivity index (χ1v) is 6.17. The van der Waals surface area contributed by atoms with Gasteiger partial charge < -0.3 is 9.72 Å². The number of esters is 1. The summed E-state index contributed by atoms with van der Waals surface area (Å²) >= 11 is 0. The van der Waals surface area contributed by atoms with Crippen LogP contribution in [0.25, 0.3) is 11.1 Å². The lowest BCUT2D eigenvalue weighted by atomic mass is 10.0. The van der Waals surface area contributed by atoms with Crippen LogP contribution in [0.15, 0.2) is 30.5 Å². The lowest BCUT2D eigenvalue weighted by molar-refractivity contribution is -0.384. The van der Waals surface area contributed by atoms with E-state index in [1.54, 1.807) is 6.92 Å². The number of hydrogen-bond donors (Lipinski definition) is 1. The van der Waals surface area contributed by atoms with Gasteiger partial charge in [-0.2, -0.15) is 0 Å². The molecular weight excluding hydrogens is 276 g/mol. The highest BCUT2D eigenvalue weighted by Crippen LogP contribution is 2.29. The first-order valence-electron chi connectivity index (χ1n) is 6.17. The summed E-state index contributed by atoms with van der Waals surface area (Å²) in [6.45, 7) is 1.89. The first-order chi connectivity index (χ1) is 10.1. The summed E-state index contributed by atoms with van der Waals surface area (Å²) in [7, 11) is 0. The summed E-state index contributed by atoms with van der Waals surface area (Å²) in [5.41, 5.74) is 1.25. The van der Waals surface area contributed by atoms with Crippen LogP contribution in [0.1, 0.15) is 27.8 Å². The second kappa shape index (κ2) is 6.00. The smallest absolute Gasteiger partial charge is 0.340 e. The van der Waals surface area contributed by atoms with Gasteiger partial charge in [-0.15, -0.1) is 0 Å². The molecule has 0 aliphatic carbocycles. The van der Waals surface area contributed by atoms with Gasteiger partial charge in [0.2, 0.25) is 0 Å². The number of ether oxygens (including phenoxy) is 1. The van der Waals surface area contributed by atoms with Gasteiger partial charge in [-0.25, -0.2) is 4.79 Å². The Kier molecular flexibility index (Phi) is 4.13. The van der Waals surface area contributed by atoms with Crippen LogP contribution in [0.2, 0.25) is 0 Å². The molecule has 0 spiro atoms. The van der Waals surface area contributed by atoms with Crippen LogP contribution in [-0.2, 0) is 4.74 Å². The number of non-ortho nitro benzene ring substituents is 1. The van der Waals surface area contributed by atoms with E-state index >= 15 is 0 Å². The van der Waals surface area contributed by atoms with Crippen molar-refractivity contribution in [3.05, 3.63) is 51.8 Å². The Bertz CT molecular complexity index is 688. The van der Waals surface area contributed by atoms with Gasteiger partial charge in [0.05, 0.1) is 22.8 Å². The summed E-state index contributed by atoms with van der Waals surface area (Å²) in [6.07, 6.45) is 1.97. The van der Waals surface area contributed by atoms with Crippen molar-refractivity contribution >= 4 is 17.9 Å². The second-order valence-electron chi connectivity index (χ2n) is 4.13. The molecule has 0 saturated carbocycles. The molecular formula is C14H12N2O5. The van der Waals surface area contributed by atoms with E-state index in [2.05, 4.69) is 4.98 Å². The molecule has 0 aliphatic heterocycles. The van der Waals surface area contributed by atoms with Crippen molar-refractivity contribution in [2.24, 2.45) is 0 Å². The van der Waals surface area contributed by atoms with E-state index in [0.29, 0.717) is 17.4 Å². The maximum Gasteiger partial charge on any atom is 0.340 e. The fourth-order valence-electron chi connectivity index (χ4n) is 1.96. The highest BCUT2D eigenvalue weighted by Gasteiger charge is 2.20. The molecule has 0 fully saturated rings. The second-order valence-corrected chi connectivity index (χ2v) is 4.13. The lowest BCUT2D eigenvalue weighted by Crippen LogP contribution is -2.05. The van der Waals surface area contributed by atoms with Crippen LogP contribution >= 0.6 is 0 Å².